The van der Waals surface area contributed by atoms with E-state index in [1.165, 1.54) is 5.56 Å². The van der Waals surface area contributed by atoms with Crippen molar-refractivity contribution < 1.29 is 4.79 Å². The van der Waals surface area contributed by atoms with Crippen molar-refractivity contribution in [1.82, 2.24) is 15.1 Å². The molecule has 0 saturated heterocycles. The molecular weight excluding hydrogens is 310 g/mol. The molecule has 2 rings (SSSR count). The van der Waals surface area contributed by atoms with Gasteiger partial charge in [-0.15, -0.1) is 0 Å². The van der Waals surface area contributed by atoms with Crippen molar-refractivity contribution in [2.24, 2.45) is 5.92 Å². The van der Waals surface area contributed by atoms with Crippen molar-refractivity contribution in [1.29, 1.82) is 0 Å². The first kappa shape index (κ1) is 19.2. The second-order valence-electron chi connectivity index (χ2n) is 7.22. The Balaban J connectivity index is 2.09. The summed E-state index contributed by atoms with van der Waals surface area (Å²) in [5.74, 6) is 0.601. The van der Waals surface area contributed by atoms with E-state index in [1.54, 1.807) is 0 Å². The molecule has 1 heterocycles. The summed E-state index contributed by atoms with van der Waals surface area (Å²) in [4.78, 5) is 12.7. The van der Waals surface area contributed by atoms with E-state index in [1.807, 2.05) is 29.8 Å². The van der Waals surface area contributed by atoms with Crippen LogP contribution in [0.15, 0.2) is 30.3 Å². The smallest absolute Gasteiger partial charge is 0.225 e. The molecule has 1 atom stereocenters. The zero-order valence-corrected chi connectivity index (χ0v) is 16.2. The molecule has 4 heteroatoms. The number of benzene rings is 1. The summed E-state index contributed by atoms with van der Waals surface area (Å²) in [5.41, 5.74) is 4.29. The fourth-order valence-electron chi connectivity index (χ4n) is 3.22. The van der Waals surface area contributed by atoms with E-state index in [4.69, 9.17) is 0 Å². The SMILES string of the molecule is CCC[C@@H](NC(=O)Cc1c(C)nn(CC(C)C)c1C)c1ccccc1. The number of carbonyl (C=O) groups is 1. The van der Waals surface area contributed by atoms with Crippen LogP contribution in [0.25, 0.3) is 0 Å². The number of rotatable bonds is 8. The Morgan fingerprint density at radius 3 is 2.48 bits per heavy atom. The van der Waals surface area contributed by atoms with Crippen LogP contribution in [-0.4, -0.2) is 15.7 Å². The Bertz CT molecular complexity index is 689. The van der Waals surface area contributed by atoms with Gasteiger partial charge in [-0.3, -0.25) is 9.48 Å². The van der Waals surface area contributed by atoms with Crippen molar-refractivity contribution in [3.63, 3.8) is 0 Å². The van der Waals surface area contributed by atoms with Crippen LogP contribution in [0.1, 0.15) is 62.2 Å². The molecule has 1 amide bonds. The maximum absolute atomic E-state index is 12.7. The van der Waals surface area contributed by atoms with Crippen LogP contribution in [-0.2, 0) is 17.8 Å². The molecule has 0 fully saturated rings. The second-order valence-corrected chi connectivity index (χ2v) is 7.22. The number of aryl methyl sites for hydroxylation is 1. The van der Waals surface area contributed by atoms with Crippen LogP contribution in [0, 0.1) is 19.8 Å². The van der Waals surface area contributed by atoms with Crippen LogP contribution in [0.5, 0.6) is 0 Å². The van der Waals surface area contributed by atoms with Gasteiger partial charge in [0.1, 0.15) is 0 Å². The predicted octanol–water partition coefficient (Wildman–Crippen LogP) is 4.36. The first-order valence-corrected chi connectivity index (χ1v) is 9.29. The summed E-state index contributed by atoms with van der Waals surface area (Å²) >= 11 is 0. The lowest BCUT2D eigenvalue weighted by Crippen LogP contribution is -2.30. The van der Waals surface area contributed by atoms with E-state index in [-0.39, 0.29) is 11.9 Å². The highest BCUT2D eigenvalue weighted by molar-refractivity contribution is 5.79. The first-order valence-electron chi connectivity index (χ1n) is 9.29. The lowest BCUT2D eigenvalue weighted by molar-refractivity contribution is -0.121. The molecule has 1 aromatic carbocycles. The van der Waals surface area contributed by atoms with E-state index in [0.717, 1.165) is 36.3 Å². The lowest BCUT2D eigenvalue weighted by Gasteiger charge is -2.19. The average molecular weight is 341 g/mol. The zero-order chi connectivity index (χ0) is 18.4. The summed E-state index contributed by atoms with van der Waals surface area (Å²) in [7, 11) is 0. The van der Waals surface area contributed by atoms with Crippen LogP contribution in [0.2, 0.25) is 0 Å². The molecule has 2 aromatic rings. The Kier molecular flexibility index (Phi) is 6.80. The largest absolute Gasteiger partial charge is 0.349 e. The monoisotopic (exact) mass is 341 g/mol. The number of hydrogen-bond acceptors (Lipinski definition) is 2. The van der Waals surface area contributed by atoms with Crippen LogP contribution < -0.4 is 5.32 Å². The lowest BCUT2D eigenvalue weighted by atomic mass is 10.0. The van der Waals surface area contributed by atoms with Crippen LogP contribution in [0.3, 0.4) is 0 Å². The molecule has 0 aliphatic heterocycles. The van der Waals surface area contributed by atoms with Crippen LogP contribution in [0.4, 0.5) is 0 Å². The van der Waals surface area contributed by atoms with Gasteiger partial charge in [0.2, 0.25) is 5.91 Å². The molecular formula is C21H31N3O. The number of aromatic nitrogens is 2. The van der Waals surface area contributed by atoms with Crippen molar-refractivity contribution in [2.75, 3.05) is 0 Å². The highest BCUT2D eigenvalue weighted by atomic mass is 16.1. The Morgan fingerprint density at radius 2 is 1.88 bits per heavy atom. The minimum absolute atomic E-state index is 0.0672. The molecule has 0 unspecified atom stereocenters. The molecule has 136 valence electrons. The highest BCUT2D eigenvalue weighted by Gasteiger charge is 2.18. The predicted molar refractivity (Wildman–Crippen MR) is 102 cm³/mol. The Labute approximate surface area is 151 Å². The van der Waals surface area contributed by atoms with Gasteiger partial charge in [0.15, 0.2) is 0 Å². The van der Waals surface area contributed by atoms with E-state index >= 15 is 0 Å². The van der Waals surface area contributed by atoms with Crippen molar-refractivity contribution in [3.05, 3.63) is 52.8 Å². The van der Waals surface area contributed by atoms with Gasteiger partial charge in [0.05, 0.1) is 18.2 Å². The van der Waals surface area contributed by atoms with Gasteiger partial charge in [-0.05, 0) is 31.7 Å². The number of hydrogen-bond donors (Lipinski definition) is 1. The number of nitrogens with one attached hydrogen (secondary N) is 1. The standard InChI is InChI=1S/C21H31N3O/c1-6-10-20(18-11-8-7-9-12-18)22-21(25)13-19-16(4)23-24(17(19)5)14-15(2)3/h7-9,11-12,15,20H,6,10,13-14H2,1-5H3,(H,22,25)/t20-/m1/s1. The van der Waals surface area contributed by atoms with Gasteiger partial charge in [-0.25, -0.2) is 0 Å². The van der Waals surface area contributed by atoms with E-state index in [2.05, 4.69) is 50.2 Å². The van der Waals surface area contributed by atoms with Gasteiger partial charge in [0.25, 0.3) is 0 Å². The maximum atomic E-state index is 12.7. The molecule has 0 saturated carbocycles. The summed E-state index contributed by atoms with van der Waals surface area (Å²) in [6, 6.07) is 10.3. The summed E-state index contributed by atoms with van der Waals surface area (Å²) in [6.07, 6.45) is 2.37. The molecule has 0 bridgehead atoms. The van der Waals surface area contributed by atoms with Crippen molar-refractivity contribution in [2.45, 2.75) is 66.5 Å². The van der Waals surface area contributed by atoms with E-state index in [0.29, 0.717) is 12.3 Å². The number of amides is 1. The maximum Gasteiger partial charge on any atom is 0.225 e. The molecule has 0 radical (unpaired) electrons. The minimum atomic E-state index is 0.0672. The third-order valence-corrected chi connectivity index (χ3v) is 4.52. The molecule has 0 spiro atoms. The van der Waals surface area contributed by atoms with Crippen molar-refractivity contribution in [3.8, 4) is 0 Å². The third kappa shape index (κ3) is 5.18. The Hall–Kier alpha value is -2.10. The van der Waals surface area contributed by atoms with E-state index < -0.39 is 0 Å². The van der Waals surface area contributed by atoms with Gasteiger partial charge in [0, 0.05) is 17.8 Å². The summed E-state index contributed by atoms with van der Waals surface area (Å²) < 4.78 is 2.03. The average Bonchev–Trinajstić information content (AvgIpc) is 2.82. The molecule has 1 N–H and O–H groups in total. The summed E-state index contributed by atoms with van der Waals surface area (Å²) in [5, 5.41) is 7.82. The molecule has 0 aliphatic carbocycles. The Morgan fingerprint density at radius 1 is 1.20 bits per heavy atom. The normalized spacial score (nSPS) is 12.4. The first-order chi connectivity index (χ1) is 11.9. The fourth-order valence-corrected chi connectivity index (χ4v) is 3.22. The zero-order valence-electron chi connectivity index (χ0n) is 16.2. The molecule has 1 aromatic heterocycles. The van der Waals surface area contributed by atoms with Crippen molar-refractivity contribution >= 4 is 5.91 Å². The van der Waals surface area contributed by atoms with Gasteiger partial charge < -0.3 is 5.32 Å². The topological polar surface area (TPSA) is 46.9 Å². The van der Waals surface area contributed by atoms with Gasteiger partial charge >= 0.3 is 0 Å². The molecule has 4 nitrogen and oxygen atoms in total. The third-order valence-electron chi connectivity index (χ3n) is 4.52. The van der Waals surface area contributed by atoms with Gasteiger partial charge in [-0.2, -0.15) is 5.10 Å². The molecule has 0 aliphatic rings. The minimum Gasteiger partial charge on any atom is -0.349 e. The molecule has 25 heavy (non-hydrogen) atoms. The fraction of sp³-hybridized carbons (Fsp3) is 0.524. The van der Waals surface area contributed by atoms with E-state index in [9.17, 15) is 4.79 Å². The van der Waals surface area contributed by atoms with Gasteiger partial charge in [-0.1, -0.05) is 57.5 Å². The highest BCUT2D eigenvalue weighted by Crippen LogP contribution is 2.20. The summed E-state index contributed by atoms with van der Waals surface area (Å²) in [6.45, 7) is 11.4. The van der Waals surface area contributed by atoms with Crippen LogP contribution >= 0.6 is 0 Å². The second kappa shape index (κ2) is 8.84. The number of carbonyl (C=O) groups excluding carboxylic acids is 1. The number of nitrogens with zero attached hydrogens (tertiary/aromatic N) is 2. The quantitative estimate of drug-likeness (QED) is 0.775.